The fraction of sp³-hybridized carbons (Fsp3) is 0.929. The first-order valence-electron chi connectivity index (χ1n) is 7.26. The summed E-state index contributed by atoms with van der Waals surface area (Å²) >= 11 is 4.18. The molecule has 0 amide bonds. The van der Waals surface area contributed by atoms with Crippen LogP contribution in [0.5, 0.6) is 0 Å². The molecule has 0 unspecified atom stereocenters. The predicted octanol–water partition coefficient (Wildman–Crippen LogP) is 3.24. The fourth-order valence-corrected chi connectivity index (χ4v) is 4.13. The van der Waals surface area contributed by atoms with Crippen LogP contribution in [0.1, 0.15) is 19.3 Å². The number of hydrogen-bond acceptors (Lipinski definition) is 5. The third-order valence-corrected chi connectivity index (χ3v) is 5.70. The van der Waals surface area contributed by atoms with Gasteiger partial charge in [0.1, 0.15) is 0 Å². The fourth-order valence-electron chi connectivity index (χ4n) is 2.12. The second kappa shape index (κ2) is 17.1. The smallest absolute Gasteiger partial charge is 0.0635 e. The Labute approximate surface area is 151 Å². The summed E-state index contributed by atoms with van der Waals surface area (Å²) in [6.45, 7) is 5.52. The van der Waals surface area contributed by atoms with E-state index in [-0.39, 0.29) is 24.8 Å². The Hall–Kier alpha value is 0.690. The number of thioether (sulfide) groups is 2. The predicted molar refractivity (Wildman–Crippen MR) is 103 cm³/mol. The van der Waals surface area contributed by atoms with Gasteiger partial charge in [0.25, 0.3) is 0 Å². The maximum absolute atomic E-state index is 8.73. The van der Waals surface area contributed by atoms with Crippen LogP contribution >= 0.6 is 48.3 Å². The number of likely N-dealkylation sites (N-methyl/N-ethyl adjacent to an activating group) is 1. The van der Waals surface area contributed by atoms with Crippen LogP contribution in [0.3, 0.4) is 0 Å². The minimum atomic E-state index is 0. The molecule has 126 valence electrons. The average molecular weight is 374 g/mol. The minimum Gasteiger partial charge on any atom is -0.305 e. The van der Waals surface area contributed by atoms with Crippen molar-refractivity contribution < 1.29 is 0 Å². The monoisotopic (exact) mass is 373 g/mol. The van der Waals surface area contributed by atoms with Crippen molar-refractivity contribution in [1.82, 2.24) is 9.80 Å². The number of hydrogen-bond donors (Lipinski definition) is 0. The molecule has 3 nitrogen and oxygen atoms in total. The van der Waals surface area contributed by atoms with E-state index in [1.165, 1.54) is 42.4 Å². The molecule has 21 heavy (non-hydrogen) atoms. The molecule has 1 rings (SSSR count). The van der Waals surface area contributed by atoms with Crippen molar-refractivity contribution in [1.29, 1.82) is 5.26 Å². The Bertz CT molecular complexity index is 265. The lowest BCUT2D eigenvalue weighted by Gasteiger charge is -2.25. The average Bonchev–Trinajstić information content (AvgIpc) is 2.42. The normalized spacial score (nSPS) is 20.4. The largest absolute Gasteiger partial charge is 0.305 e. The molecule has 0 aromatic heterocycles. The van der Waals surface area contributed by atoms with Gasteiger partial charge in [-0.3, -0.25) is 0 Å². The van der Waals surface area contributed by atoms with Gasteiger partial charge < -0.3 is 9.80 Å². The summed E-state index contributed by atoms with van der Waals surface area (Å²) in [7, 11) is 2.22. The lowest BCUT2D eigenvalue weighted by atomic mass is 10.3. The van der Waals surface area contributed by atoms with Crippen LogP contribution in [0.4, 0.5) is 0 Å². The van der Waals surface area contributed by atoms with Crippen molar-refractivity contribution in [2.75, 3.05) is 62.8 Å². The molecule has 1 heterocycles. The van der Waals surface area contributed by atoms with E-state index in [4.69, 9.17) is 5.26 Å². The van der Waals surface area contributed by atoms with Crippen molar-refractivity contribution in [2.45, 2.75) is 19.3 Å². The van der Waals surface area contributed by atoms with Crippen LogP contribution < -0.4 is 0 Å². The molecule has 1 aliphatic heterocycles. The van der Waals surface area contributed by atoms with Gasteiger partial charge in [-0.2, -0.15) is 28.8 Å². The molecule has 1 fully saturated rings. The molecule has 1 aliphatic rings. The summed E-state index contributed by atoms with van der Waals surface area (Å²) in [6.07, 6.45) is 3.21. The van der Waals surface area contributed by atoms with Crippen molar-refractivity contribution in [2.24, 2.45) is 0 Å². The van der Waals surface area contributed by atoms with E-state index in [1.807, 2.05) is 0 Å². The van der Waals surface area contributed by atoms with Gasteiger partial charge in [0.05, 0.1) is 6.07 Å². The highest BCUT2D eigenvalue weighted by Crippen LogP contribution is 2.10. The van der Waals surface area contributed by atoms with Gasteiger partial charge in [0.2, 0.25) is 0 Å². The molecule has 0 atom stereocenters. The van der Waals surface area contributed by atoms with Crippen molar-refractivity contribution in [3.8, 4) is 6.07 Å². The third-order valence-electron chi connectivity index (χ3n) is 3.30. The summed E-state index contributed by atoms with van der Waals surface area (Å²) in [5.41, 5.74) is 0. The van der Waals surface area contributed by atoms with E-state index in [9.17, 15) is 0 Å². The molecule has 0 saturated carbocycles. The summed E-state index contributed by atoms with van der Waals surface area (Å²) in [4.78, 5) is 4.89. The number of halogens is 2. The van der Waals surface area contributed by atoms with Crippen LogP contribution in [-0.4, -0.2) is 72.6 Å². The van der Waals surface area contributed by atoms with E-state index >= 15 is 0 Å². The second-order valence-electron chi connectivity index (χ2n) is 4.98. The van der Waals surface area contributed by atoms with E-state index in [0.29, 0.717) is 6.42 Å². The number of nitriles is 1. The summed E-state index contributed by atoms with van der Waals surface area (Å²) in [5.74, 6) is 5.15. The van der Waals surface area contributed by atoms with Crippen LogP contribution in [0.25, 0.3) is 0 Å². The Morgan fingerprint density at radius 3 is 2.14 bits per heavy atom. The zero-order chi connectivity index (χ0) is 13.8. The molecule has 0 N–H and O–H groups in total. The van der Waals surface area contributed by atoms with Crippen LogP contribution in [0, 0.1) is 11.3 Å². The Kier molecular flexibility index (Phi) is 19.4. The standard InChI is InChI=1S/C14H27N3S2.2ClH/c1-16-6-3-11-18-13-14-19-12-4-8-17(10-9-16)7-2-5-15;;/h2-4,6-14H2,1H3;2*1H. The molecule has 0 spiro atoms. The highest BCUT2D eigenvalue weighted by molar-refractivity contribution is 8.02. The zero-order valence-electron chi connectivity index (χ0n) is 13.0. The summed E-state index contributed by atoms with van der Waals surface area (Å²) in [6, 6.07) is 2.27. The molecule has 0 aliphatic carbocycles. The number of rotatable bonds is 2. The first-order chi connectivity index (χ1) is 9.33. The third kappa shape index (κ3) is 14.0. The van der Waals surface area contributed by atoms with Gasteiger partial charge in [0.15, 0.2) is 0 Å². The first-order valence-corrected chi connectivity index (χ1v) is 9.57. The molecule has 1 saturated heterocycles. The maximum atomic E-state index is 8.73. The lowest BCUT2D eigenvalue weighted by Crippen LogP contribution is -2.35. The molecular formula is C14H29Cl2N3S2. The van der Waals surface area contributed by atoms with Gasteiger partial charge in [-0.05, 0) is 44.5 Å². The van der Waals surface area contributed by atoms with Gasteiger partial charge in [-0.25, -0.2) is 0 Å². The van der Waals surface area contributed by atoms with E-state index < -0.39 is 0 Å². The SMILES string of the molecule is CN1CCCSCCSCCCN(CCC#N)CC1.Cl.Cl. The van der Waals surface area contributed by atoms with Crippen molar-refractivity contribution >= 4 is 48.3 Å². The molecule has 0 radical (unpaired) electrons. The van der Waals surface area contributed by atoms with Gasteiger partial charge in [0, 0.05) is 37.6 Å². The second-order valence-corrected chi connectivity index (χ2v) is 7.43. The highest BCUT2D eigenvalue weighted by Gasteiger charge is 2.07. The van der Waals surface area contributed by atoms with Crippen LogP contribution in [-0.2, 0) is 0 Å². The number of nitrogens with zero attached hydrogens (tertiary/aromatic N) is 3. The molecule has 0 bridgehead atoms. The van der Waals surface area contributed by atoms with E-state index in [0.717, 1.165) is 26.2 Å². The van der Waals surface area contributed by atoms with Gasteiger partial charge in [-0.15, -0.1) is 24.8 Å². The Morgan fingerprint density at radius 2 is 1.52 bits per heavy atom. The van der Waals surface area contributed by atoms with E-state index in [2.05, 4.69) is 46.4 Å². The lowest BCUT2D eigenvalue weighted by molar-refractivity contribution is 0.229. The zero-order valence-corrected chi connectivity index (χ0v) is 16.2. The van der Waals surface area contributed by atoms with Crippen molar-refractivity contribution in [3.63, 3.8) is 0 Å². The molecule has 7 heteroatoms. The van der Waals surface area contributed by atoms with E-state index in [1.54, 1.807) is 0 Å². The van der Waals surface area contributed by atoms with Gasteiger partial charge in [-0.1, -0.05) is 0 Å². The summed E-state index contributed by atoms with van der Waals surface area (Å²) < 4.78 is 0. The molecule has 0 aromatic rings. The van der Waals surface area contributed by atoms with Crippen LogP contribution in [0.15, 0.2) is 0 Å². The first kappa shape index (κ1) is 23.9. The molecular weight excluding hydrogens is 345 g/mol. The highest BCUT2D eigenvalue weighted by atomic mass is 35.5. The Balaban J connectivity index is 0. The topological polar surface area (TPSA) is 30.3 Å². The van der Waals surface area contributed by atoms with Gasteiger partial charge >= 0.3 is 0 Å². The maximum Gasteiger partial charge on any atom is 0.0635 e. The van der Waals surface area contributed by atoms with Crippen LogP contribution in [0.2, 0.25) is 0 Å². The Morgan fingerprint density at radius 1 is 0.905 bits per heavy atom. The molecule has 0 aromatic carbocycles. The minimum absolute atomic E-state index is 0. The summed E-state index contributed by atoms with van der Waals surface area (Å²) in [5, 5.41) is 8.73. The quantitative estimate of drug-likeness (QED) is 0.741. The van der Waals surface area contributed by atoms with Crippen molar-refractivity contribution in [3.05, 3.63) is 0 Å².